The second-order valence-corrected chi connectivity index (χ2v) is 15.8. The van der Waals surface area contributed by atoms with Gasteiger partial charge in [0.1, 0.15) is 34.5 Å². The normalized spacial score (nSPS) is 14.7. The Labute approximate surface area is 343 Å². The Morgan fingerprint density at radius 2 is 1.30 bits per heavy atom. The third-order valence-corrected chi connectivity index (χ3v) is 10.8. The molecule has 0 fully saturated rings. The molecule has 8 aromatic rings. The van der Waals surface area contributed by atoms with Gasteiger partial charge in [0.2, 0.25) is 17.6 Å². The number of hydrogen-bond donors (Lipinski definition) is 2. The highest BCUT2D eigenvalue weighted by molar-refractivity contribution is 6.31. The maximum absolute atomic E-state index is 14.2. The summed E-state index contributed by atoms with van der Waals surface area (Å²) >= 11 is 6.20. The second-order valence-electron chi connectivity index (χ2n) is 15.3. The highest BCUT2D eigenvalue weighted by Crippen LogP contribution is 2.37. The number of amides is 2. The van der Waals surface area contributed by atoms with Gasteiger partial charge in [-0.3, -0.25) is 14.3 Å². The maximum atomic E-state index is 14.2. The van der Waals surface area contributed by atoms with Gasteiger partial charge < -0.3 is 10.6 Å². The van der Waals surface area contributed by atoms with Crippen LogP contribution in [0, 0.1) is 17.5 Å². The minimum absolute atomic E-state index is 0.128. The van der Waals surface area contributed by atoms with Crippen LogP contribution < -0.4 is 10.6 Å². The molecule has 14 nitrogen and oxygen atoms in total. The van der Waals surface area contributed by atoms with Crippen molar-refractivity contribution in [3.8, 4) is 17.5 Å². The molecule has 0 saturated heterocycles. The summed E-state index contributed by atoms with van der Waals surface area (Å²) in [6, 6.07) is 22.4. The van der Waals surface area contributed by atoms with Gasteiger partial charge in [0, 0.05) is 27.8 Å². The van der Waals surface area contributed by atoms with Crippen LogP contribution in [0.1, 0.15) is 55.9 Å². The summed E-state index contributed by atoms with van der Waals surface area (Å²) in [5, 5.41) is 33.2. The Kier molecular flexibility index (Phi) is 9.15. The van der Waals surface area contributed by atoms with E-state index in [2.05, 4.69) is 51.2 Å². The van der Waals surface area contributed by atoms with Crippen LogP contribution in [0.3, 0.4) is 0 Å². The van der Waals surface area contributed by atoms with Crippen LogP contribution in [0.25, 0.3) is 39.3 Å². The average molecular weight is 829 g/mol. The first-order valence-corrected chi connectivity index (χ1v) is 19.0. The monoisotopic (exact) mass is 828 g/mol. The van der Waals surface area contributed by atoms with E-state index in [1.165, 1.54) is 28.9 Å². The Bertz CT molecular complexity index is 2870. The summed E-state index contributed by atoms with van der Waals surface area (Å²) in [5.41, 5.74) is 2.47. The van der Waals surface area contributed by atoms with Crippen LogP contribution in [0.15, 0.2) is 84.9 Å². The Morgan fingerprint density at radius 1 is 0.667 bits per heavy atom. The molecule has 2 aliphatic heterocycles. The number of anilines is 2. The minimum atomic E-state index is -0.834. The summed E-state index contributed by atoms with van der Waals surface area (Å²) in [4.78, 5) is 33.3. The highest BCUT2D eigenvalue weighted by atomic mass is 35.5. The van der Waals surface area contributed by atoms with Crippen molar-refractivity contribution in [3.05, 3.63) is 136 Å². The molecule has 0 unspecified atom stereocenters. The van der Waals surface area contributed by atoms with Crippen molar-refractivity contribution in [2.75, 3.05) is 10.6 Å². The first-order chi connectivity index (χ1) is 28.7. The van der Waals surface area contributed by atoms with Crippen LogP contribution in [0.2, 0.25) is 5.02 Å². The molecule has 6 heterocycles. The SMILES string of the molecule is CC1(C)C(=O)Nc2nc(-c3nn(Cc4ccccc4F)c4cc(Cl)ccc34)nnc21.CC1(C)C(=O)Nc2nc(-n3nc(Cc4ccccc4F)c4cc(F)ccc43)nnc21. The van der Waals surface area contributed by atoms with Gasteiger partial charge in [0.25, 0.3) is 5.95 Å². The Hall–Kier alpha value is -7.14. The van der Waals surface area contributed by atoms with Crippen molar-refractivity contribution in [1.29, 1.82) is 0 Å². The first-order valence-electron chi connectivity index (χ1n) is 18.6. The molecule has 2 amide bonds. The van der Waals surface area contributed by atoms with E-state index in [4.69, 9.17) is 11.6 Å². The van der Waals surface area contributed by atoms with Gasteiger partial charge in [-0.1, -0.05) is 48.0 Å². The van der Waals surface area contributed by atoms with E-state index in [-0.39, 0.29) is 48.2 Å². The van der Waals surface area contributed by atoms with Gasteiger partial charge >= 0.3 is 0 Å². The standard InChI is InChI=1S/C21H16ClFN6O.C21H16F2N6O/c1-21(2)17-19(25-20(21)30)24-18(27-26-17)16-13-8-7-12(22)9-15(13)29(28-16)10-11-5-3-4-6-14(11)23;1-21(2)17-18(24-19(21)30)25-20(27-26-17)29-16-8-7-12(22)10-13(16)15(28-29)9-11-5-3-4-6-14(11)23/h3-9H,10H2,1-2H3,(H,24,25,27,30);3-8,10H,9H2,1-2H3,(H,24,25,27,30). The predicted octanol–water partition coefficient (Wildman–Crippen LogP) is 7.27. The lowest BCUT2D eigenvalue weighted by atomic mass is 9.91. The van der Waals surface area contributed by atoms with Crippen LogP contribution in [0.5, 0.6) is 0 Å². The van der Waals surface area contributed by atoms with E-state index in [1.807, 2.05) is 6.07 Å². The van der Waals surface area contributed by atoms with Gasteiger partial charge in [-0.15, -0.1) is 20.4 Å². The quantitative estimate of drug-likeness (QED) is 0.174. The largest absolute Gasteiger partial charge is 0.308 e. The Morgan fingerprint density at radius 3 is 1.98 bits per heavy atom. The van der Waals surface area contributed by atoms with Crippen molar-refractivity contribution in [2.45, 2.75) is 51.5 Å². The second kappa shape index (κ2) is 14.3. The number of halogens is 4. The molecule has 2 aliphatic rings. The number of hydrogen-bond acceptors (Lipinski definition) is 10. The molecule has 300 valence electrons. The molecule has 10 rings (SSSR count). The fraction of sp³-hybridized carbons (Fsp3) is 0.190. The molecular formula is C42H32ClF3N12O2. The van der Waals surface area contributed by atoms with Gasteiger partial charge in [-0.2, -0.15) is 19.9 Å². The van der Waals surface area contributed by atoms with Crippen molar-refractivity contribution < 1.29 is 22.8 Å². The lowest BCUT2D eigenvalue weighted by Gasteiger charge is -2.12. The number of carbonyl (C=O) groups is 2. The summed E-state index contributed by atoms with van der Waals surface area (Å²) in [6.07, 6.45) is 0.168. The topological polar surface area (TPSA) is 171 Å². The molecule has 4 aromatic carbocycles. The number of nitrogens with one attached hydrogen (secondary N) is 2. The number of rotatable bonds is 6. The van der Waals surface area contributed by atoms with Crippen molar-refractivity contribution in [1.82, 2.24) is 49.9 Å². The van der Waals surface area contributed by atoms with Crippen molar-refractivity contribution in [3.63, 3.8) is 0 Å². The number of fused-ring (bicyclic) bond motifs is 4. The summed E-state index contributed by atoms with van der Waals surface area (Å²) in [7, 11) is 0. The molecule has 0 spiro atoms. The van der Waals surface area contributed by atoms with Crippen LogP contribution in [0.4, 0.5) is 24.8 Å². The van der Waals surface area contributed by atoms with E-state index in [0.29, 0.717) is 67.0 Å². The molecular weight excluding hydrogens is 797 g/mol. The van der Waals surface area contributed by atoms with E-state index >= 15 is 0 Å². The lowest BCUT2D eigenvalue weighted by molar-refractivity contribution is -0.120. The third kappa shape index (κ3) is 6.56. The molecule has 60 heavy (non-hydrogen) atoms. The van der Waals surface area contributed by atoms with Crippen LogP contribution in [-0.4, -0.2) is 61.7 Å². The van der Waals surface area contributed by atoms with Gasteiger partial charge in [-0.05, 0) is 81.8 Å². The zero-order valence-electron chi connectivity index (χ0n) is 32.3. The molecule has 0 atom stereocenters. The predicted molar refractivity (Wildman–Crippen MR) is 216 cm³/mol. The number of benzene rings is 4. The smallest absolute Gasteiger partial charge is 0.272 e. The molecule has 0 radical (unpaired) electrons. The number of carbonyl (C=O) groups excluding carboxylic acids is 2. The van der Waals surface area contributed by atoms with Crippen molar-refractivity contribution in [2.24, 2.45) is 0 Å². The molecule has 2 N–H and O–H groups in total. The average Bonchev–Trinajstić information content (AvgIpc) is 3.89. The number of aromatic nitrogens is 10. The lowest BCUT2D eigenvalue weighted by Crippen LogP contribution is -2.27. The van der Waals surface area contributed by atoms with E-state index in [9.17, 15) is 22.8 Å². The fourth-order valence-corrected chi connectivity index (χ4v) is 7.24. The number of nitrogens with zero attached hydrogens (tertiary/aromatic N) is 10. The highest BCUT2D eigenvalue weighted by Gasteiger charge is 2.43. The van der Waals surface area contributed by atoms with E-state index in [1.54, 1.807) is 87.0 Å². The van der Waals surface area contributed by atoms with E-state index < -0.39 is 16.6 Å². The zero-order chi connectivity index (χ0) is 42.1. The molecule has 0 bridgehead atoms. The van der Waals surface area contributed by atoms with Crippen molar-refractivity contribution >= 4 is 56.9 Å². The van der Waals surface area contributed by atoms with Gasteiger partial charge in [0.05, 0.1) is 34.1 Å². The van der Waals surface area contributed by atoms with E-state index in [0.717, 1.165) is 5.39 Å². The molecule has 0 aliphatic carbocycles. The summed E-state index contributed by atoms with van der Waals surface area (Å²) < 4.78 is 45.4. The minimum Gasteiger partial charge on any atom is -0.308 e. The maximum Gasteiger partial charge on any atom is 0.272 e. The molecule has 18 heteroatoms. The van der Waals surface area contributed by atoms with Gasteiger partial charge in [-0.25, -0.2) is 18.2 Å². The first kappa shape index (κ1) is 38.4. The van der Waals surface area contributed by atoms with Gasteiger partial charge in [0.15, 0.2) is 11.6 Å². The zero-order valence-corrected chi connectivity index (χ0v) is 33.1. The molecule has 4 aromatic heterocycles. The third-order valence-electron chi connectivity index (χ3n) is 10.6. The molecule has 0 saturated carbocycles. The Balaban J connectivity index is 0.000000154. The van der Waals surface area contributed by atoms with Crippen LogP contribution in [-0.2, 0) is 33.4 Å². The van der Waals surface area contributed by atoms with Crippen LogP contribution >= 0.6 is 11.6 Å². The summed E-state index contributed by atoms with van der Waals surface area (Å²) in [6.45, 7) is 7.23. The summed E-state index contributed by atoms with van der Waals surface area (Å²) in [5.74, 6) is -0.421. The fourth-order valence-electron chi connectivity index (χ4n) is 7.07.